The molecule has 3 aliphatic rings. The number of hydrogen-bond donors (Lipinski definition) is 0. The summed E-state index contributed by atoms with van der Waals surface area (Å²) in [5.41, 5.74) is 17.1. The van der Waals surface area contributed by atoms with Gasteiger partial charge in [0, 0.05) is 45.5 Å². The van der Waals surface area contributed by atoms with Gasteiger partial charge in [-0.25, -0.2) is 0 Å². The van der Waals surface area contributed by atoms with Gasteiger partial charge in [-0.2, -0.15) is 0 Å². The minimum atomic E-state index is -0.170. The Bertz CT molecular complexity index is 2950. The average molecular weight is 1020 g/mol. The number of fused-ring (bicyclic) bond motifs is 6. The molecule has 6 rings (SSSR count). The summed E-state index contributed by atoms with van der Waals surface area (Å²) in [7, 11) is 0. The maximum atomic E-state index is 4.45. The first-order valence-electron chi connectivity index (χ1n) is 28.1. The second-order valence-corrected chi connectivity index (χ2v) is 27.7. The van der Waals surface area contributed by atoms with Gasteiger partial charge in [-0.15, -0.1) is 17.9 Å². The van der Waals surface area contributed by atoms with Crippen LogP contribution in [-0.2, 0) is 16.2 Å². The normalized spacial score (nSPS) is 19.2. The lowest BCUT2D eigenvalue weighted by Gasteiger charge is -2.44. The standard InChI is InChI=1S/C71H95BN2S/c1-23-30-50(25-3)33-38-57(67(11,12)13)58(68(14,15)16)39-43-73-48-61-62(31-24-2)74(42-29-32-51(26-4)49(7)69(17,18)28-6)64-56-45-59-60(71(21,22)41-40-70(59,19)20)46-63(56)75-65(64)72(61)47-55(73)44-52(27-5)53-34-36-54(37-35-53)66(8,9)10/h23-25,27,29-30,32-39,43-48,62H,1-3,5,26,28,31,40-42H2,4,6-22H3/b32-29-,38-33+,43-39+,50-30+,51-49+,52-44+,58-57-. The van der Waals surface area contributed by atoms with E-state index in [9.17, 15) is 0 Å². The summed E-state index contributed by atoms with van der Waals surface area (Å²) in [4.78, 5) is 5.15. The predicted octanol–water partition coefficient (Wildman–Crippen LogP) is 19.9. The number of nitrogens with zero attached hydrogens (tertiary/aromatic N) is 2. The number of benzene rings is 2. The fourth-order valence-corrected chi connectivity index (χ4v) is 12.7. The van der Waals surface area contributed by atoms with Crippen LogP contribution in [0.15, 0.2) is 187 Å². The van der Waals surface area contributed by atoms with Crippen LogP contribution in [0.5, 0.6) is 0 Å². The van der Waals surface area contributed by atoms with Crippen LogP contribution in [-0.4, -0.2) is 24.2 Å². The van der Waals surface area contributed by atoms with E-state index in [0.29, 0.717) is 0 Å². The largest absolute Gasteiger partial charge is 0.361 e. The Morgan fingerprint density at radius 3 is 1.93 bits per heavy atom. The number of allylic oxidation sites excluding steroid dienone is 15. The topological polar surface area (TPSA) is 6.48 Å². The van der Waals surface area contributed by atoms with E-state index in [1.54, 1.807) is 0 Å². The van der Waals surface area contributed by atoms with Gasteiger partial charge in [-0.3, -0.25) is 0 Å². The third-order valence-electron chi connectivity index (χ3n) is 17.0. The van der Waals surface area contributed by atoms with E-state index in [2.05, 4.69) is 258 Å². The molecule has 0 fully saturated rings. The second kappa shape index (κ2) is 22.7. The van der Waals surface area contributed by atoms with Crippen molar-refractivity contribution in [1.82, 2.24) is 4.90 Å². The highest BCUT2D eigenvalue weighted by molar-refractivity contribution is 7.31. The maximum Gasteiger partial charge on any atom is 0.251 e. The van der Waals surface area contributed by atoms with Gasteiger partial charge >= 0.3 is 0 Å². The lowest BCUT2D eigenvalue weighted by Crippen LogP contribution is -2.53. The molecular weight excluding hydrogens is 924 g/mol. The quantitative estimate of drug-likeness (QED) is 0.0755. The molecule has 0 N–H and O–H groups in total. The summed E-state index contributed by atoms with van der Waals surface area (Å²) in [5, 5.41) is 1.39. The van der Waals surface area contributed by atoms with Gasteiger partial charge in [-0.05, 0) is 146 Å². The SMILES string of the molecule is C=C/C=C(C=C)/C=C/C(=C(\C=C\N1C=C2B(C=C1/C=C(\C=C)c1ccc(C(C)(C)C)cc1)c1sc3cc4c(cc3c1N(C/C=C\C(CC)=C(/C)C(C)(C)CC)C2CC=C)C(C)(C)CCC4(C)C)C(C)(C)C)C(C)(C)C. The molecule has 0 saturated heterocycles. The van der Waals surface area contributed by atoms with Gasteiger partial charge in [0.05, 0.1) is 5.69 Å². The lowest BCUT2D eigenvalue weighted by molar-refractivity contribution is 0.332. The van der Waals surface area contributed by atoms with Crippen molar-refractivity contribution in [3.8, 4) is 0 Å². The van der Waals surface area contributed by atoms with Gasteiger partial charge in [0.1, 0.15) is 0 Å². The Kier molecular flexibility index (Phi) is 17.9. The van der Waals surface area contributed by atoms with E-state index in [1.165, 1.54) is 77.8 Å². The fraction of sp³-hybridized carbons (Fsp3) is 0.437. The van der Waals surface area contributed by atoms with Gasteiger partial charge in [-0.1, -0.05) is 233 Å². The highest BCUT2D eigenvalue weighted by atomic mass is 32.1. The van der Waals surface area contributed by atoms with Crippen molar-refractivity contribution < 1.29 is 0 Å². The van der Waals surface area contributed by atoms with Crippen LogP contribution in [0, 0.1) is 16.2 Å². The van der Waals surface area contributed by atoms with E-state index >= 15 is 0 Å². The first-order valence-corrected chi connectivity index (χ1v) is 28.9. The molecule has 3 aromatic rings. The molecule has 2 aromatic carbocycles. The van der Waals surface area contributed by atoms with Crippen LogP contribution in [0.3, 0.4) is 0 Å². The van der Waals surface area contributed by atoms with E-state index in [0.717, 1.165) is 48.2 Å². The molecule has 0 saturated carbocycles. The first kappa shape index (κ1) is 58.9. The first-order chi connectivity index (χ1) is 35.0. The third kappa shape index (κ3) is 12.8. The van der Waals surface area contributed by atoms with Crippen molar-refractivity contribution in [2.75, 3.05) is 11.4 Å². The molecular formula is C71H95BN2S. The van der Waals surface area contributed by atoms with Crippen LogP contribution in [0.2, 0.25) is 0 Å². The molecule has 75 heavy (non-hydrogen) atoms. The summed E-state index contributed by atoms with van der Waals surface area (Å²) >= 11 is 2.01. The minimum absolute atomic E-state index is 0.0547. The molecule has 0 amide bonds. The molecule has 4 heteroatoms. The average Bonchev–Trinajstić information content (AvgIpc) is 3.72. The number of hydrogen-bond acceptors (Lipinski definition) is 3. The highest BCUT2D eigenvalue weighted by Gasteiger charge is 2.44. The van der Waals surface area contributed by atoms with E-state index < -0.39 is 0 Å². The maximum absolute atomic E-state index is 4.45. The molecule has 0 bridgehead atoms. The summed E-state index contributed by atoms with van der Waals surface area (Å²) in [6, 6.07) is 14.4. The Morgan fingerprint density at radius 1 is 0.787 bits per heavy atom. The molecule has 1 aromatic heterocycles. The smallest absolute Gasteiger partial charge is 0.251 e. The van der Waals surface area contributed by atoms with Crippen LogP contribution in [0.1, 0.15) is 179 Å². The van der Waals surface area contributed by atoms with Crippen molar-refractivity contribution in [1.29, 1.82) is 0 Å². The number of thiophene rings is 1. The zero-order valence-electron chi connectivity index (χ0n) is 50.1. The van der Waals surface area contributed by atoms with Gasteiger partial charge < -0.3 is 9.80 Å². The Morgan fingerprint density at radius 2 is 1.40 bits per heavy atom. The Labute approximate surface area is 462 Å². The minimum Gasteiger partial charge on any atom is -0.361 e. The predicted molar refractivity (Wildman–Crippen MR) is 339 cm³/mol. The van der Waals surface area contributed by atoms with Crippen LogP contribution in [0.4, 0.5) is 5.69 Å². The van der Waals surface area contributed by atoms with Crippen LogP contribution in [0.25, 0.3) is 15.7 Å². The lowest BCUT2D eigenvalue weighted by atomic mass is 9.39. The summed E-state index contributed by atoms with van der Waals surface area (Å²) in [6.07, 6.45) is 34.1. The van der Waals surface area contributed by atoms with E-state index in [1.807, 2.05) is 35.6 Å². The zero-order valence-corrected chi connectivity index (χ0v) is 50.9. The van der Waals surface area contributed by atoms with Crippen molar-refractivity contribution in [3.63, 3.8) is 0 Å². The molecule has 1 atom stereocenters. The number of anilines is 1. The van der Waals surface area contributed by atoms with Crippen molar-refractivity contribution in [3.05, 3.63) is 209 Å². The summed E-state index contributed by atoms with van der Waals surface area (Å²) in [6.45, 7) is 60.2. The summed E-state index contributed by atoms with van der Waals surface area (Å²) in [5.74, 6) is 2.56. The third-order valence-corrected chi connectivity index (χ3v) is 18.2. The monoisotopic (exact) mass is 1020 g/mol. The van der Waals surface area contributed by atoms with Crippen LogP contribution < -0.4 is 9.68 Å². The van der Waals surface area contributed by atoms with Gasteiger partial charge in [0.25, 0.3) is 6.71 Å². The Balaban J connectivity index is 1.69. The highest BCUT2D eigenvalue weighted by Crippen LogP contribution is 2.51. The van der Waals surface area contributed by atoms with Gasteiger partial charge in [0.2, 0.25) is 0 Å². The van der Waals surface area contributed by atoms with Gasteiger partial charge in [0.15, 0.2) is 0 Å². The van der Waals surface area contributed by atoms with Crippen molar-refractivity contribution >= 4 is 44.2 Å². The fourth-order valence-electron chi connectivity index (χ4n) is 11.3. The van der Waals surface area contributed by atoms with E-state index in [4.69, 9.17) is 0 Å². The van der Waals surface area contributed by atoms with Crippen molar-refractivity contribution in [2.45, 2.75) is 179 Å². The Hall–Kier alpha value is -5.32. The zero-order chi connectivity index (χ0) is 55.6. The van der Waals surface area contributed by atoms with Crippen LogP contribution >= 0.6 is 11.3 Å². The molecule has 3 heterocycles. The molecule has 2 nitrogen and oxygen atoms in total. The molecule has 1 unspecified atom stereocenters. The van der Waals surface area contributed by atoms with E-state index in [-0.39, 0.29) is 45.2 Å². The molecule has 2 aliphatic heterocycles. The number of rotatable bonds is 17. The molecule has 1 aliphatic carbocycles. The second-order valence-electron chi connectivity index (χ2n) is 26.6. The molecule has 0 spiro atoms. The summed E-state index contributed by atoms with van der Waals surface area (Å²) < 4.78 is 2.80. The molecule has 398 valence electrons. The molecule has 0 radical (unpaired) electrons. The van der Waals surface area contributed by atoms with Crippen molar-refractivity contribution in [2.24, 2.45) is 16.2 Å².